The normalized spacial score (nSPS) is 9.74. The maximum atomic E-state index is 5.79. The molecule has 0 bridgehead atoms. The van der Waals surface area contributed by atoms with Crippen molar-refractivity contribution >= 4 is 46.2 Å². The van der Waals surface area contributed by atoms with Gasteiger partial charge in [0.15, 0.2) is 0 Å². The van der Waals surface area contributed by atoms with Crippen molar-refractivity contribution in [3.63, 3.8) is 0 Å². The molecule has 19 heavy (non-hydrogen) atoms. The molecule has 0 amide bonds. The molecule has 2 aromatic carbocycles. The Kier molecular flexibility index (Phi) is 7.21. The van der Waals surface area contributed by atoms with Gasteiger partial charge in [0.1, 0.15) is 16.4 Å². The fourth-order valence-electron chi connectivity index (χ4n) is 1.31. The lowest BCUT2D eigenvalue weighted by atomic mass is 10.3. The molecular weight excluding hydrogens is 303 g/mol. The van der Waals surface area contributed by atoms with E-state index in [2.05, 4.69) is 14.1 Å². The molecule has 5 heteroatoms. The lowest BCUT2D eigenvalue weighted by molar-refractivity contribution is -0.505. The van der Waals surface area contributed by atoms with Crippen molar-refractivity contribution < 1.29 is 10.6 Å². The average Bonchev–Trinajstić information content (AvgIpc) is 2.42. The molecule has 0 saturated carbocycles. The summed E-state index contributed by atoms with van der Waals surface area (Å²) in [6.45, 7) is 0. The first-order chi connectivity index (χ1) is 9.08. The Morgan fingerprint density at radius 2 is 1.53 bits per heavy atom. The number of rotatable bonds is 2. The maximum Gasteiger partial charge on any atom is 0.123 e. The van der Waals surface area contributed by atoms with E-state index in [1.165, 1.54) is 0 Å². The van der Waals surface area contributed by atoms with Crippen molar-refractivity contribution in [2.24, 2.45) is 0 Å². The van der Waals surface area contributed by atoms with Crippen LogP contribution in [0.15, 0.2) is 42.5 Å². The summed E-state index contributed by atoms with van der Waals surface area (Å²) in [6, 6.07) is 13.0. The third-order valence-corrected chi connectivity index (χ3v) is 3.35. The van der Waals surface area contributed by atoms with E-state index < -0.39 is 0 Å². The standard InChI is InChI=1S/C7H7Cl2N.C7H8ClN/c1-10-6-4-2-3-5(8)7(6)9;1-9-7-4-2-3-6(8)5-7/h2-4H,1,10H2;2-5H,1,9H2. The molecule has 0 heterocycles. The third-order valence-electron chi connectivity index (χ3n) is 2.29. The zero-order chi connectivity index (χ0) is 14.3. The zero-order valence-corrected chi connectivity index (χ0v) is 12.5. The number of benzene rings is 2. The van der Waals surface area contributed by atoms with Crippen LogP contribution < -0.4 is 10.6 Å². The Bertz CT molecular complexity index is 530. The molecule has 2 aromatic rings. The van der Waals surface area contributed by atoms with Crippen LogP contribution in [0, 0.1) is 14.1 Å². The lowest BCUT2D eigenvalue weighted by Gasteiger charge is -2.01. The molecule has 0 aliphatic rings. The lowest BCUT2D eigenvalue weighted by Crippen LogP contribution is -2.69. The third kappa shape index (κ3) is 5.39. The van der Waals surface area contributed by atoms with Gasteiger partial charge in [-0.3, -0.25) is 0 Å². The topological polar surface area (TPSA) is 33.2 Å². The molecule has 0 radical (unpaired) electrons. The van der Waals surface area contributed by atoms with Gasteiger partial charge in [-0.15, -0.1) is 14.1 Å². The van der Waals surface area contributed by atoms with Crippen molar-refractivity contribution in [3.8, 4) is 0 Å². The van der Waals surface area contributed by atoms with E-state index in [1.807, 2.05) is 36.4 Å². The van der Waals surface area contributed by atoms with E-state index in [9.17, 15) is 0 Å². The molecular formula is C14H15Cl3N2. The second kappa shape index (κ2) is 8.41. The van der Waals surface area contributed by atoms with E-state index >= 15 is 0 Å². The molecule has 2 nitrogen and oxygen atoms in total. The minimum Gasteiger partial charge on any atom is -0.446 e. The van der Waals surface area contributed by atoms with Crippen LogP contribution >= 0.6 is 34.8 Å². The van der Waals surface area contributed by atoms with Crippen molar-refractivity contribution in [2.45, 2.75) is 0 Å². The number of halogens is 3. The first-order valence-corrected chi connectivity index (χ1v) is 6.66. The quantitative estimate of drug-likeness (QED) is 0.629. The smallest absolute Gasteiger partial charge is 0.123 e. The molecule has 0 unspecified atom stereocenters. The Morgan fingerprint density at radius 1 is 0.842 bits per heavy atom. The van der Waals surface area contributed by atoms with Crippen LogP contribution in [0.2, 0.25) is 15.1 Å². The SMILES string of the molecule is [CH2-][NH2+]c1cccc(Cl)c1.[CH2-][NH2+]c1cccc(Cl)c1Cl. The predicted octanol–water partition coefficient (Wildman–Crippen LogP) is 3.31. The zero-order valence-electron chi connectivity index (χ0n) is 10.2. The van der Waals surface area contributed by atoms with E-state index in [0.717, 1.165) is 16.4 Å². The number of hydrogen-bond acceptors (Lipinski definition) is 0. The van der Waals surface area contributed by atoms with Crippen molar-refractivity contribution in [1.29, 1.82) is 0 Å². The van der Waals surface area contributed by atoms with Gasteiger partial charge in [-0.05, 0) is 24.3 Å². The highest BCUT2D eigenvalue weighted by atomic mass is 35.5. The Labute approximate surface area is 128 Å². The average molecular weight is 318 g/mol. The van der Waals surface area contributed by atoms with Gasteiger partial charge in [0.05, 0.1) is 5.02 Å². The van der Waals surface area contributed by atoms with Gasteiger partial charge < -0.3 is 10.6 Å². The predicted molar refractivity (Wildman–Crippen MR) is 81.8 cm³/mol. The number of hydrogen-bond donors (Lipinski definition) is 2. The highest BCUT2D eigenvalue weighted by Crippen LogP contribution is 2.25. The summed E-state index contributed by atoms with van der Waals surface area (Å²) in [5.74, 6) is 0. The summed E-state index contributed by atoms with van der Waals surface area (Å²) in [5.41, 5.74) is 1.93. The van der Waals surface area contributed by atoms with Crippen LogP contribution in [-0.2, 0) is 0 Å². The largest absolute Gasteiger partial charge is 0.446 e. The highest BCUT2D eigenvalue weighted by molar-refractivity contribution is 6.43. The van der Waals surface area contributed by atoms with Crippen LogP contribution in [0.3, 0.4) is 0 Å². The fraction of sp³-hybridized carbons (Fsp3) is 0. The minimum absolute atomic E-state index is 0.569. The summed E-state index contributed by atoms with van der Waals surface area (Å²) in [4.78, 5) is 0. The van der Waals surface area contributed by atoms with E-state index in [-0.39, 0.29) is 0 Å². The van der Waals surface area contributed by atoms with Gasteiger partial charge >= 0.3 is 0 Å². The van der Waals surface area contributed by atoms with Gasteiger partial charge in [-0.2, -0.15) is 0 Å². The van der Waals surface area contributed by atoms with Crippen molar-refractivity contribution in [2.75, 3.05) is 0 Å². The minimum atomic E-state index is 0.569. The summed E-state index contributed by atoms with van der Waals surface area (Å²) in [7, 11) is 7.20. The highest BCUT2D eigenvalue weighted by Gasteiger charge is 2.02. The molecule has 2 rings (SSSR count). The molecule has 4 N–H and O–H groups in total. The summed E-state index contributed by atoms with van der Waals surface area (Å²) in [6.07, 6.45) is 0. The second-order valence-electron chi connectivity index (χ2n) is 3.61. The number of nitrogens with two attached hydrogens (primary N) is 2. The van der Waals surface area contributed by atoms with Crippen LogP contribution in [0.25, 0.3) is 0 Å². The van der Waals surface area contributed by atoms with E-state index in [0.29, 0.717) is 10.0 Å². The maximum absolute atomic E-state index is 5.79. The molecule has 0 saturated heterocycles. The number of quaternary nitrogens is 2. The summed E-state index contributed by atoms with van der Waals surface area (Å²) < 4.78 is 0. The van der Waals surface area contributed by atoms with Gasteiger partial charge in [0, 0.05) is 11.1 Å². The van der Waals surface area contributed by atoms with Gasteiger partial charge in [0.2, 0.25) is 0 Å². The molecule has 0 fully saturated rings. The molecule has 102 valence electrons. The summed E-state index contributed by atoms with van der Waals surface area (Å²) >= 11 is 17.2. The van der Waals surface area contributed by atoms with Crippen LogP contribution in [-0.4, -0.2) is 0 Å². The molecule has 0 aliphatic heterocycles. The first-order valence-electron chi connectivity index (χ1n) is 5.53. The summed E-state index contributed by atoms with van der Waals surface area (Å²) in [5, 5.41) is 5.34. The van der Waals surface area contributed by atoms with Crippen molar-refractivity contribution in [3.05, 3.63) is 71.6 Å². The molecule has 0 atom stereocenters. The monoisotopic (exact) mass is 316 g/mol. The Morgan fingerprint density at radius 3 is 2.00 bits per heavy atom. The van der Waals surface area contributed by atoms with E-state index in [1.54, 1.807) is 16.7 Å². The van der Waals surface area contributed by atoms with Crippen LogP contribution in [0.5, 0.6) is 0 Å². The fourth-order valence-corrected chi connectivity index (χ4v) is 1.90. The van der Waals surface area contributed by atoms with Gasteiger partial charge in [0.25, 0.3) is 0 Å². The molecule has 0 aromatic heterocycles. The Balaban J connectivity index is 0.000000191. The molecule has 0 aliphatic carbocycles. The van der Waals surface area contributed by atoms with Gasteiger partial charge in [-0.25, -0.2) is 0 Å². The van der Waals surface area contributed by atoms with Gasteiger partial charge in [-0.1, -0.05) is 46.9 Å². The molecule has 0 spiro atoms. The van der Waals surface area contributed by atoms with Crippen LogP contribution in [0.4, 0.5) is 11.4 Å². The Hall–Kier alpha value is -0.770. The van der Waals surface area contributed by atoms with E-state index in [4.69, 9.17) is 34.8 Å². The first kappa shape index (κ1) is 16.3. The van der Waals surface area contributed by atoms with Crippen molar-refractivity contribution in [1.82, 2.24) is 0 Å². The second-order valence-corrected chi connectivity index (χ2v) is 4.83. The van der Waals surface area contributed by atoms with Crippen LogP contribution in [0.1, 0.15) is 0 Å².